The highest BCUT2D eigenvalue weighted by molar-refractivity contribution is 7.81. The second-order valence-electron chi connectivity index (χ2n) is 17.6. The van der Waals surface area contributed by atoms with E-state index in [4.69, 9.17) is 23.7 Å². The molecule has 0 aromatic carbocycles. The van der Waals surface area contributed by atoms with Crippen LogP contribution < -0.4 is 21.1 Å². The lowest BCUT2D eigenvalue weighted by Crippen LogP contribution is -2.67. The Kier molecular flexibility index (Phi) is 22.7. The number of hydrogen-bond donors (Lipinski definition) is 8. The van der Waals surface area contributed by atoms with Crippen molar-refractivity contribution in [3.63, 3.8) is 0 Å². The highest BCUT2D eigenvalue weighted by atomic mass is 32.3. The molecule has 6 unspecified atom stereocenters. The van der Waals surface area contributed by atoms with Gasteiger partial charge in [0.15, 0.2) is 18.7 Å². The lowest BCUT2D eigenvalue weighted by atomic mass is 9.75. The molecule has 0 aromatic heterocycles. The number of nitrogens with one attached hydrogen (secondary N) is 3. The van der Waals surface area contributed by atoms with Crippen molar-refractivity contribution in [3.8, 4) is 0 Å². The zero-order valence-electron chi connectivity index (χ0n) is 38.5. The van der Waals surface area contributed by atoms with Gasteiger partial charge in [-0.25, -0.2) is 25.3 Å². The van der Waals surface area contributed by atoms with Gasteiger partial charge in [0.25, 0.3) is 5.91 Å². The third-order valence-corrected chi connectivity index (χ3v) is 13.8. The predicted molar refractivity (Wildman–Crippen MR) is 224 cm³/mol. The quantitative estimate of drug-likeness (QED) is 0.0239. The Hall–Kier alpha value is -2.91. The molecule has 2 heterocycles. The molecule has 30 nitrogen and oxygen atoms in total. The molecule has 17 atom stereocenters. The average Bonchev–Trinajstić information content (AvgIpc) is 3.27. The van der Waals surface area contributed by atoms with E-state index < -0.39 is 185 Å². The molecule has 412 valence electrons. The van der Waals surface area contributed by atoms with E-state index in [0.717, 1.165) is 26.2 Å². The van der Waals surface area contributed by atoms with Gasteiger partial charge in [0.05, 0.1) is 43.6 Å². The minimum Gasteiger partial charge on any atom is -0.726 e. The average molecular weight is 1090 g/mol. The first-order chi connectivity index (χ1) is 33.0. The van der Waals surface area contributed by atoms with E-state index in [1.807, 2.05) is 5.32 Å². The lowest BCUT2D eigenvalue weighted by Gasteiger charge is -2.49. The highest BCUT2D eigenvalue weighted by Crippen LogP contribution is 2.40. The number of aliphatic hydroxyl groups is 5. The van der Waals surface area contributed by atoms with Gasteiger partial charge in [-0.05, 0) is 38.0 Å². The minimum atomic E-state index is -5.96. The molecule has 33 heteroatoms. The number of carboxylic acid groups (broad SMARTS) is 1. The predicted octanol–water partition coefficient (Wildman–Crippen LogP) is -6.52. The zero-order valence-corrected chi connectivity index (χ0v) is 41.0. The Morgan fingerprint density at radius 2 is 1.41 bits per heavy atom. The number of aliphatic carboxylic acids is 1. The summed E-state index contributed by atoms with van der Waals surface area (Å²) in [4.78, 5) is 52.1. The molecule has 4 fully saturated rings. The number of rotatable bonds is 25. The Bertz CT molecular complexity index is 2120. The van der Waals surface area contributed by atoms with Crippen molar-refractivity contribution >= 4 is 54.9 Å². The van der Waals surface area contributed by atoms with Crippen LogP contribution in [-0.4, -0.2) is 206 Å². The van der Waals surface area contributed by atoms with E-state index in [0.29, 0.717) is 12.8 Å². The minimum absolute atomic E-state index is 0.00454. The van der Waals surface area contributed by atoms with E-state index >= 15 is 0 Å². The summed E-state index contributed by atoms with van der Waals surface area (Å²) in [5.41, 5.74) is 0. The van der Waals surface area contributed by atoms with Crippen molar-refractivity contribution in [3.05, 3.63) is 0 Å². The number of ether oxygens (including phenoxy) is 5. The van der Waals surface area contributed by atoms with Crippen molar-refractivity contribution in [1.82, 2.24) is 16.0 Å². The number of carboxylic acids is 1. The van der Waals surface area contributed by atoms with Crippen LogP contribution in [0.3, 0.4) is 0 Å². The van der Waals surface area contributed by atoms with Gasteiger partial charge in [-0.3, -0.25) is 26.9 Å². The molecule has 0 aromatic rings. The largest absolute Gasteiger partial charge is 0.726 e. The summed E-state index contributed by atoms with van der Waals surface area (Å²) in [6.07, 6.45) is -20.5. The summed E-state index contributed by atoms with van der Waals surface area (Å²) in [5, 5.41) is 73.1. The molecular formula is C38H61N3O27S3-4. The van der Waals surface area contributed by atoms with Crippen LogP contribution >= 0.6 is 0 Å². The molecule has 0 bridgehead atoms. The van der Waals surface area contributed by atoms with Gasteiger partial charge in [-0.2, -0.15) is 0 Å². The molecule has 71 heavy (non-hydrogen) atoms. The van der Waals surface area contributed by atoms with Gasteiger partial charge in [0.1, 0.15) is 48.8 Å². The van der Waals surface area contributed by atoms with Crippen LogP contribution in [0.4, 0.5) is 0 Å². The second-order valence-corrected chi connectivity index (χ2v) is 20.7. The first-order valence-corrected chi connectivity index (χ1v) is 26.5. The van der Waals surface area contributed by atoms with Crippen molar-refractivity contribution in [2.24, 2.45) is 17.8 Å². The Labute approximate surface area is 409 Å². The fourth-order valence-corrected chi connectivity index (χ4v) is 10.3. The van der Waals surface area contributed by atoms with Gasteiger partial charge in [0, 0.05) is 25.9 Å². The summed E-state index contributed by atoms with van der Waals surface area (Å²) in [6.45, 7) is 0.262. The molecule has 3 amide bonds. The van der Waals surface area contributed by atoms with E-state index in [1.165, 1.54) is 6.92 Å². The van der Waals surface area contributed by atoms with Crippen molar-refractivity contribution in [1.29, 1.82) is 0 Å². The van der Waals surface area contributed by atoms with Crippen LogP contribution in [0.15, 0.2) is 0 Å². The summed E-state index contributed by atoms with van der Waals surface area (Å²) < 4.78 is 143. The number of aliphatic hydroxyl groups excluding tert-OH is 5. The summed E-state index contributed by atoms with van der Waals surface area (Å²) in [5.74, 6) is -6.70. The Morgan fingerprint density at radius 3 is 1.97 bits per heavy atom. The Morgan fingerprint density at radius 1 is 0.775 bits per heavy atom. The molecule has 2 aliphatic carbocycles. The third kappa shape index (κ3) is 18.5. The van der Waals surface area contributed by atoms with Crippen LogP contribution in [0.25, 0.3) is 0 Å². The maximum atomic E-state index is 13.9. The second kappa shape index (κ2) is 26.5. The number of carbonyl (C=O) groups is 4. The topological polar surface area (TPSA) is 474 Å². The summed E-state index contributed by atoms with van der Waals surface area (Å²) in [7, 11) is -17.6. The summed E-state index contributed by atoms with van der Waals surface area (Å²) in [6, 6.07) is -1.52. The zero-order chi connectivity index (χ0) is 53.2. The smallest absolute Gasteiger partial charge is 0.253 e. The first kappa shape index (κ1) is 60.6. The van der Waals surface area contributed by atoms with Crippen LogP contribution in [0.5, 0.6) is 0 Å². The molecule has 0 radical (unpaired) electrons. The number of amides is 3. The third-order valence-electron chi connectivity index (χ3n) is 12.5. The molecule has 4 rings (SSSR count). The van der Waals surface area contributed by atoms with Crippen LogP contribution in [-0.2, 0) is 86.6 Å². The van der Waals surface area contributed by atoms with Crippen molar-refractivity contribution < 1.29 is 125 Å². The van der Waals surface area contributed by atoms with Crippen LogP contribution in [0.1, 0.15) is 78.6 Å². The lowest BCUT2D eigenvalue weighted by molar-refractivity contribution is -0.343. The van der Waals surface area contributed by atoms with Crippen LogP contribution in [0.2, 0.25) is 0 Å². The van der Waals surface area contributed by atoms with Crippen molar-refractivity contribution in [2.45, 2.75) is 170 Å². The fourth-order valence-electron chi connectivity index (χ4n) is 9.05. The first-order valence-electron chi connectivity index (χ1n) is 22.5. The Balaban J connectivity index is 1.61. The van der Waals surface area contributed by atoms with Crippen molar-refractivity contribution in [2.75, 3.05) is 26.3 Å². The normalized spacial score (nSPS) is 33.6. The van der Waals surface area contributed by atoms with E-state index in [2.05, 4.69) is 23.2 Å². The fraction of sp³-hybridized carbons (Fsp3) is 0.895. The van der Waals surface area contributed by atoms with E-state index in [9.17, 15) is 88.7 Å². The molecule has 0 spiro atoms. The van der Waals surface area contributed by atoms with Gasteiger partial charge in [-0.15, -0.1) is 0 Å². The molecular weight excluding hydrogens is 1030 g/mol. The number of hydrogen-bond acceptors (Lipinski definition) is 27. The van der Waals surface area contributed by atoms with Gasteiger partial charge < -0.3 is 88.7 Å². The maximum absolute atomic E-state index is 13.9. The molecule has 8 N–H and O–H groups in total. The van der Waals surface area contributed by atoms with Gasteiger partial charge in [-0.1, -0.05) is 45.4 Å². The standard InChI is InChI=1S/C38H65N3O27S3/c1-4-20-13-21(34(48)39-10-11-40-35(49)32(68-71(58,59)60)25(67-70(55,56)57)16-61-69(52,53)54)14-22(31(20)66-38-30(47)29(46)27(44)17(2)62-38)64-37-26(41-18(3)43)33(28(45)24(15-42)65-37)63-23(36(50)51)12-19-8-6-5-7-9-19/h17,19-33,37-38,42,44-47H,4-16H2,1-3H3,(H,39,48)(H,40,49)(H,41,43)(H,50,51)(H,52,53,54)(H,55,56,57)(H,58,59,60)/p-4/t17?,20?,21?,22-,23+,24+,25+,26?,27-,28+,29+,30?,31-,32+,33?,37-,38+/m1/s1. The molecule has 2 aliphatic heterocycles. The highest BCUT2D eigenvalue weighted by Gasteiger charge is 2.52. The monoisotopic (exact) mass is 1090 g/mol. The van der Waals surface area contributed by atoms with E-state index in [1.54, 1.807) is 6.92 Å². The van der Waals surface area contributed by atoms with Gasteiger partial charge in [0.2, 0.25) is 43.0 Å². The SMILES string of the molecule is CCC1CC(C(=O)NCCNC(=O)[C@@H](OS(=O)(=O)[O-])[C@H](COS(=O)(=O)[O-])OS(=O)(=O)[O-])C[C@@H](O[C@@H]2O[C@@H](CO)[C@H](O)C(O[C@@H](CC3CCCCC3)C(=O)[O-])C2NC(C)=O)[C@@H]1O[C@@H]1OC(C)[C@@H](O)[C@H](O)C1O. The summed E-state index contributed by atoms with van der Waals surface area (Å²) >= 11 is 0. The van der Waals surface area contributed by atoms with Gasteiger partial charge >= 0.3 is 0 Å². The van der Waals surface area contributed by atoms with E-state index in [-0.39, 0.29) is 31.6 Å². The maximum Gasteiger partial charge on any atom is 0.253 e. The molecule has 2 saturated heterocycles. The van der Waals surface area contributed by atoms with Crippen LogP contribution in [0, 0.1) is 17.8 Å². The molecule has 2 saturated carbocycles. The number of carbonyl (C=O) groups excluding carboxylic acids is 4. The molecule has 4 aliphatic rings.